The molecule has 0 aromatic rings. The van der Waals surface area contributed by atoms with E-state index >= 15 is 0 Å². The third kappa shape index (κ3) is 1.64. The molecule has 0 radical (unpaired) electrons. The van der Waals surface area contributed by atoms with Crippen LogP contribution >= 0.6 is 0 Å². The topological polar surface area (TPSA) is 15.3 Å². The van der Waals surface area contributed by atoms with Crippen LogP contribution in [-0.2, 0) is 0 Å². The summed E-state index contributed by atoms with van der Waals surface area (Å²) in [5.41, 5.74) is 0. The summed E-state index contributed by atoms with van der Waals surface area (Å²) in [6.07, 6.45) is 4.34. The standard InChI is InChI=1S/C6H12N2/c1-8-5-3-2-4-7-6-8/h2-3,7H,4-6H2,1H3. The van der Waals surface area contributed by atoms with E-state index < -0.39 is 0 Å². The summed E-state index contributed by atoms with van der Waals surface area (Å²) in [5, 5.41) is 3.24. The molecule has 8 heavy (non-hydrogen) atoms. The van der Waals surface area contributed by atoms with Crippen LogP contribution in [0, 0.1) is 0 Å². The summed E-state index contributed by atoms with van der Waals surface area (Å²) in [7, 11) is 2.10. The number of nitrogens with one attached hydrogen (secondary N) is 1. The van der Waals surface area contributed by atoms with Crippen molar-refractivity contribution in [3.8, 4) is 0 Å². The molecule has 0 fully saturated rings. The second-order valence-electron chi connectivity index (χ2n) is 2.12. The zero-order valence-electron chi connectivity index (χ0n) is 5.22. The van der Waals surface area contributed by atoms with Crippen molar-refractivity contribution in [3.63, 3.8) is 0 Å². The first kappa shape index (κ1) is 5.79. The predicted molar refractivity (Wildman–Crippen MR) is 34.6 cm³/mol. The minimum Gasteiger partial charge on any atom is -0.301 e. The van der Waals surface area contributed by atoms with Gasteiger partial charge in [-0.2, -0.15) is 0 Å². The largest absolute Gasteiger partial charge is 0.301 e. The molecule has 1 aliphatic heterocycles. The maximum atomic E-state index is 3.24. The lowest BCUT2D eigenvalue weighted by atomic mass is 10.5. The molecule has 0 unspecified atom stereocenters. The molecule has 0 bridgehead atoms. The SMILES string of the molecule is CN1CC=CCNC1. The van der Waals surface area contributed by atoms with Gasteiger partial charge in [-0.3, -0.25) is 4.90 Å². The molecule has 0 saturated carbocycles. The molecule has 2 heteroatoms. The summed E-state index contributed by atoms with van der Waals surface area (Å²) in [6.45, 7) is 3.10. The average Bonchev–Trinajstić information content (AvgIpc) is 1.94. The van der Waals surface area contributed by atoms with Gasteiger partial charge in [0, 0.05) is 19.8 Å². The van der Waals surface area contributed by atoms with Crippen molar-refractivity contribution >= 4 is 0 Å². The Balaban J connectivity index is 2.30. The maximum Gasteiger partial charge on any atom is 0.0483 e. The number of likely N-dealkylation sites (N-methyl/N-ethyl adjacent to an activating group) is 1. The van der Waals surface area contributed by atoms with Gasteiger partial charge in [0.05, 0.1) is 0 Å². The van der Waals surface area contributed by atoms with E-state index in [-0.39, 0.29) is 0 Å². The van der Waals surface area contributed by atoms with E-state index in [1.54, 1.807) is 0 Å². The molecule has 1 N–H and O–H groups in total. The van der Waals surface area contributed by atoms with E-state index in [1.165, 1.54) is 0 Å². The van der Waals surface area contributed by atoms with E-state index in [2.05, 4.69) is 29.4 Å². The molecule has 0 atom stereocenters. The van der Waals surface area contributed by atoms with Gasteiger partial charge in [-0.25, -0.2) is 0 Å². The molecular weight excluding hydrogens is 100 g/mol. The summed E-state index contributed by atoms with van der Waals surface area (Å²) in [5.74, 6) is 0. The zero-order valence-corrected chi connectivity index (χ0v) is 5.22. The van der Waals surface area contributed by atoms with Crippen LogP contribution in [0.4, 0.5) is 0 Å². The average molecular weight is 112 g/mol. The Labute approximate surface area is 50.2 Å². The summed E-state index contributed by atoms with van der Waals surface area (Å²) < 4.78 is 0. The van der Waals surface area contributed by atoms with Crippen LogP contribution in [0.15, 0.2) is 12.2 Å². The molecule has 1 rings (SSSR count). The maximum absolute atomic E-state index is 3.24. The van der Waals surface area contributed by atoms with Gasteiger partial charge >= 0.3 is 0 Å². The fraction of sp³-hybridized carbons (Fsp3) is 0.667. The van der Waals surface area contributed by atoms with Crippen molar-refractivity contribution in [2.75, 3.05) is 26.8 Å². The summed E-state index contributed by atoms with van der Waals surface area (Å²) >= 11 is 0. The highest BCUT2D eigenvalue weighted by Crippen LogP contribution is 1.84. The first-order valence-electron chi connectivity index (χ1n) is 2.94. The fourth-order valence-corrected chi connectivity index (χ4v) is 0.741. The Morgan fingerprint density at radius 1 is 1.50 bits per heavy atom. The van der Waals surface area contributed by atoms with Gasteiger partial charge < -0.3 is 5.32 Å². The van der Waals surface area contributed by atoms with Gasteiger partial charge in [-0.05, 0) is 7.05 Å². The molecule has 0 aromatic heterocycles. The van der Waals surface area contributed by atoms with Crippen molar-refractivity contribution in [2.45, 2.75) is 0 Å². The molecular formula is C6H12N2. The predicted octanol–water partition coefficient (Wildman–Crippen LogP) is 0.0351. The minimum absolute atomic E-state index is 1.01. The third-order valence-corrected chi connectivity index (χ3v) is 1.23. The van der Waals surface area contributed by atoms with Crippen LogP contribution < -0.4 is 5.32 Å². The number of hydrogen-bond donors (Lipinski definition) is 1. The van der Waals surface area contributed by atoms with Crippen molar-refractivity contribution in [1.82, 2.24) is 10.2 Å². The van der Waals surface area contributed by atoms with Gasteiger partial charge in [0.1, 0.15) is 0 Å². The summed E-state index contributed by atoms with van der Waals surface area (Å²) in [6, 6.07) is 0. The van der Waals surface area contributed by atoms with Gasteiger partial charge in [-0.15, -0.1) is 0 Å². The Morgan fingerprint density at radius 2 is 2.38 bits per heavy atom. The molecule has 1 heterocycles. The van der Waals surface area contributed by atoms with Crippen LogP contribution in [0.5, 0.6) is 0 Å². The van der Waals surface area contributed by atoms with E-state index in [4.69, 9.17) is 0 Å². The van der Waals surface area contributed by atoms with E-state index in [0.717, 1.165) is 19.8 Å². The Hall–Kier alpha value is -0.340. The molecule has 46 valence electrons. The van der Waals surface area contributed by atoms with Crippen molar-refractivity contribution in [3.05, 3.63) is 12.2 Å². The lowest BCUT2D eigenvalue weighted by Gasteiger charge is -2.10. The van der Waals surface area contributed by atoms with Gasteiger partial charge in [-0.1, -0.05) is 12.2 Å². The zero-order chi connectivity index (χ0) is 5.82. The highest BCUT2D eigenvalue weighted by molar-refractivity contribution is 4.88. The second-order valence-corrected chi connectivity index (χ2v) is 2.12. The van der Waals surface area contributed by atoms with Gasteiger partial charge in [0.15, 0.2) is 0 Å². The molecule has 0 saturated heterocycles. The third-order valence-electron chi connectivity index (χ3n) is 1.23. The van der Waals surface area contributed by atoms with E-state index in [0.29, 0.717) is 0 Å². The van der Waals surface area contributed by atoms with Gasteiger partial charge in [0.2, 0.25) is 0 Å². The van der Waals surface area contributed by atoms with E-state index in [1.807, 2.05) is 0 Å². The Bertz CT molecular complexity index is 88.5. The summed E-state index contributed by atoms with van der Waals surface area (Å²) in [4.78, 5) is 2.23. The monoisotopic (exact) mass is 112 g/mol. The first-order chi connectivity index (χ1) is 3.89. The molecule has 0 spiro atoms. The van der Waals surface area contributed by atoms with Crippen LogP contribution in [0.25, 0.3) is 0 Å². The molecule has 0 amide bonds. The molecule has 0 aliphatic carbocycles. The highest BCUT2D eigenvalue weighted by atomic mass is 15.2. The minimum atomic E-state index is 1.01. The number of hydrogen-bond acceptors (Lipinski definition) is 2. The molecule has 0 aromatic carbocycles. The quantitative estimate of drug-likeness (QED) is 0.445. The number of nitrogens with zero attached hydrogens (tertiary/aromatic N) is 1. The van der Waals surface area contributed by atoms with Gasteiger partial charge in [0.25, 0.3) is 0 Å². The number of rotatable bonds is 0. The van der Waals surface area contributed by atoms with Crippen molar-refractivity contribution < 1.29 is 0 Å². The first-order valence-corrected chi connectivity index (χ1v) is 2.94. The molecule has 1 aliphatic rings. The smallest absolute Gasteiger partial charge is 0.0483 e. The lowest BCUT2D eigenvalue weighted by molar-refractivity contribution is 0.351. The highest BCUT2D eigenvalue weighted by Gasteiger charge is 1.94. The second kappa shape index (κ2) is 2.84. The van der Waals surface area contributed by atoms with Crippen LogP contribution in [0.2, 0.25) is 0 Å². The van der Waals surface area contributed by atoms with Crippen LogP contribution in [0.1, 0.15) is 0 Å². The van der Waals surface area contributed by atoms with E-state index in [9.17, 15) is 0 Å². The normalized spacial score (nSPS) is 23.1. The van der Waals surface area contributed by atoms with Crippen molar-refractivity contribution in [1.29, 1.82) is 0 Å². The fourth-order valence-electron chi connectivity index (χ4n) is 0.741. The van der Waals surface area contributed by atoms with Crippen molar-refractivity contribution in [2.24, 2.45) is 0 Å². The van der Waals surface area contributed by atoms with Crippen LogP contribution in [-0.4, -0.2) is 31.7 Å². The lowest BCUT2D eigenvalue weighted by Crippen LogP contribution is -2.28. The Morgan fingerprint density at radius 3 is 3.25 bits per heavy atom. The molecule has 2 nitrogen and oxygen atoms in total. The van der Waals surface area contributed by atoms with Crippen LogP contribution in [0.3, 0.4) is 0 Å². The Kier molecular flexibility index (Phi) is 2.06.